The Labute approximate surface area is 327 Å². The first-order valence-corrected chi connectivity index (χ1v) is 20.3. The van der Waals surface area contributed by atoms with Crippen LogP contribution in [0.3, 0.4) is 0 Å². The Morgan fingerprint density at radius 1 is 0.309 bits per heavy atom. The quantitative estimate of drug-likeness (QED) is 0.164. The monoisotopic (exact) mass is 735 g/mol. The van der Waals surface area contributed by atoms with Crippen molar-refractivity contribution in [1.29, 1.82) is 0 Å². The zero-order valence-electron chi connectivity index (χ0n) is 29.8. The molecule has 0 unspecified atom stereocenters. The summed E-state index contributed by atoms with van der Waals surface area (Å²) in [5, 5.41) is 7.72. The maximum atomic E-state index is 2.45. The molecule has 0 saturated heterocycles. The van der Waals surface area contributed by atoms with E-state index in [1.54, 1.807) is 0 Å². The fourth-order valence-corrected chi connectivity index (χ4v) is 10.5. The molecule has 0 saturated carbocycles. The van der Waals surface area contributed by atoms with Crippen LogP contribution in [-0.4, -0.2) is 0 Å². The summed E-state index contributed by atoms with van der Waals surface area (Å²) < 4.78 is 5.22. The molecule has 0 spiro atoms. The SMILES string of the molecule is c1ccc(-c2cc(N(c3ccc(-c4ccc5ccccc5c4)cc3)c3cccc4c3sc3ccccc34)ccc2-c2ccc3sc4ccccc4c3c2)cc1. The zero-order valence-corrected chi connectivity index (χ0v) is 31.4. The van der Waals surface area contributed by atoms with Gasteiger partial charge >= 0.3 is 0 Å². The molecule has 3 heteroatoms. The fourth-order valence-electron chi connectivity index (χ4n) is 8.18. The lowest BCUT2D eigenvalue weighted by Gasteiger charge is -2.27. The standard InChI is InChI=1S/C52H33NS2/c1-2-12-36(13-3-1)46-33-41(28-29-42(46)39-25-30-51-47(32-39)44-16-7-8-19-49(44)54-51)53(48-18-10-17-45-43-15-6-9-20-50(43)55-52(45)48)40-26-23-35(24-27-40)38-22-21-34-11-4-5-14-37(34)31-38/h1-33H. The molecule has 2 aromatic heterocycles. The third-order valence-corrected chi connectivity index (χ3v) is 13.2. The van der Waals surface area contributed by atoms with Crippen molar-refractivity contribution in [2.75, 3.05) is 4.90 Å². The van der Waals surface area contributed by atoms with Crippen molar-refractivity contribution in [3.63, 3.8) is 0 Å². The van der Waals surface area contributed by atoms with Gasteiger partial charge in [0.25, 0.3) is 0 Å². The Morgan fingerprint density at radius 3 is 1.78 bits per heavy atom. The second kappa shape index (κ2) is 13.1. The summed E-state index contributed by atoms with van der Waals surface area (Å²) in [6, 6.07) is 73.5. The van der Waals surface area contributed by atoms with Crippen LogP contribution in [0.2, 0.25) is 0 Å². The first-order valence-electron chi connectivity index (χ1n) is 18.7. The maximum absolute atomic E-state index is 2.45. The van der Waals surface area contributed by atoms with Gasteiger partial charge in [-0.1, -0.05) is 140 Å². The summed E-state index contributed by atoms with van der Waals surface area (Å²) in [7, 11) is 0. The highest BCUT2D eigenvalue weighted by atomic mass is 32.1. The van der Waals surface area contributed by atoms with Crippen molar-refractivity contribution >= 4 is 90.9 Å². The van der Waals surface area contributed by atoms with Gasteiger partial charge in [0.2, 0.25) is 0 Å². The molecule has 0 aliphatic carbocycles. The van der Waals surface area contributed by atoms with E-state index in [1.165, 1.54) is 90.2 Å². The van der Waals surface area contributed by atoms with Gasteiger partial charge in [0.1, 0.15) is 0 Å². The van der Waals surface area contributed by atoms with Crippen LogP contribution in [0.25, 0.3) is 84.5 Å². The van der Waals surface area contributed by atoms with Crippen molar-refractivity contribution in [3.8, 4) is 33.4 Å². The van der Waals surface area contributed by atoms with E-state index < -0.39 is 0 Å². The minimum Gasteiger partial charge on any atom is -0.309 e. The number of fused-ring (bicyclic) bond motifs is 7. The highest BCUT2D eigenvalue weighted by molar-refractivity contribution is 7.26. The van der Waals surface area contributed by atoms with Crippen LogP contribution in [0.15, 0.2) is 200 Å². The van der Waals surface area contributed by atoms with Crippen molar-refractivity contribution < 1.29 is 0 Å². The Balaban J connectivity index is 1.11. The molecule has 0 aliphatic rings. The summed E-state index contributed by atoms with van der Waals surface area (Å²) in [6.45, 7) is 0. The van der Waals surface area contributed by atoms with E-state index in [1.807, 2.05) is 22.7 Å². The third kappa shape index (κ3) is 5.51. The largest absolute Gasteiger partial charge is 0.309 e. The van der Waals surface area contributed by atoms with Gasteiger partial charge in [-0.3, -0.25) is 0 Å². The van der Waals surface area contributed by atoms with E-state index in [0.29, 0.717) is 0 Å². The molecular weight excluding hydrogens is 703 g/mol. The molecule has 0 N–H and O–H groups in total. The van der Waals surface area contributed by atoms with Crippen LogP contribution in [0, 0.1) is 0 Å². The van der Waals surface area contributed by atoms with Gasteiger partial charge in [-0.25, -0.2) is 0 Å². The summed E-state index contributed by atoms with van der Waals surface area (Å²) in [5.41, 5.74) is 10.7. The predicted octanol–water partition coefficient (Wildman–Crippen LogP) is 16.0. The van der Waals surface area contributed by atoms with E-state index in [-0.39, 0.29) is 0 Å². The summed E-state index contributed by atoms with van der Waals surface area (Å²) >= 11 is 3.73. The second-order valence-electron chi connectivity index (χ2n) is 14.1. The Morgan fingerprint density at radius 2 is 0.945 bits per heavy atom. The number of hydrogen-bond acceptors (Lipinski definition) is 3. The molecule has 258 valence electrons. The Kier molecular flexibility index (Phi) is 7.61. The summed E-state index contributed by atoms with van der Waals surface area (Å²) in [5.74, 6) is 0. The van der Waals surface area contributed by atoms with Crippen LogP contribution in [-0.2, 0) is 0 Å². The van der Waals surface area contributed by atoms with Gasteiger partial charge in [-0.05, 0) is 105 Å². The average Bonchev–Trinajstić information content (AvgIpc) is 3.83. The number of rotatable bonds is 6. The topological polar surface area (TPSA) is 3.24 Å². The highest BCUT2D eigenvalue weighted by Gasteiger charge is 2.20. The molecule has 0 bridgehead atoms. The Hall–Kier alpha value is -6.52. The van der Waals surface area contributed by atoms with Crippen molar-refractivity contribution in [3.05, 3.63) is 200 Å². The zero-order chi connectivity index (χ0) is 36.3. The fraction of sp³-hybridized carbons (Fsp3) is 0. The first kappa shape index (κ1) is 32.0. The number of benzene rings is 9. The van der Waals surface area contributed by atoms with E-state index in [9.17, 15) is 0 Å². The predicted molar refractivity (Wildman–Crippen MR) is 241 cm³/mol. The Bertz CT molecular complexity index is 3210. The summed E-state index contributed by atoms with van der Waals surface area (Å²) in [4.78, 5) is 2.45. The maximum Gasteiger partial charge on any atom is 0.0640 e. The van der Waals surface area contributed by atoms with E-state index in [0.717, 1.165) is 11.4 Å². The molecule has 2 heterocycles. The second-order valence-corrected chi connectivity index (χ2v) is 16.2. The number of thiophene rings is 2. The van der Waals surface area contributed by atoms with Crippen LogP contribution in [0.4, 0.5) is 17.1 Å². The number of nitrogens with zero attached hydrogens (tertiary/aromatic N) is 1. The van der Waals surface area contributed by atoms with Gasteiger partial charge in [0.05, 0.1) is 10.4 Å². The highest BCUT2D eigenvalue weighted by Crippen LogP contribution is 2.47. The van der Waals surface area contributed by atoms with Crippen LogP contribution in [0.1, 0.15) is 0 Å². The van der Waals surface area contributed by atoms with Crippen LogP contribution < -0.4 is 4.90 Å². The number of hydrogen-bond donors (Lipinski definition) is 0. The normalized spacial score (nSPS) is 11.6. The van der Waals surface area contributed by atoms with E-state index in [4.69, 9.17) is 0 Å². The van der Waals surface area contributed by atoms with Gasteiger partial charge in [0, 0.05) is 47.0 Å². The van der Waals surface area contributed by atoms with Crippen molar-refractivity contribution in [2.45, 2.75) is 0 Å². The molecule has 0 fully saturated rings. The molecule has 0 amide bonds. The molecule has 0 atom stereocenters. The van der Waals surface area contributed by atoms with Gasteiger partial charge in [0.15, 0.2) is 0 Å². The van der Waals surface area contributed by atoms with Crippen molar-refractivity contribution in [1.82, 2.24) is 0 Å². The lowest BCUT2D eigenvalue weighted by atomic mass is 9.92. The molecule has 1 nitrogen and oxygen atoms in total. The number of anilines is 3. The molecular formula is C52H33NS2. The average molecular weight is 736 g/mol. The third-order valence-electron chi connectivity index (χ3n) is 10.9. The van der Waals surface area contributed by atoms with Crippen LogP contribution >= 0.6 is 22.7 Å². The minimum absolute atomic E-state index is 1.12. The van der Waals surface area contributed by atoms with Crippen molar-refractivity contribution in [2.24, 2.45) is 0 Å². The smallest absolute Gasteiger partial charge is 0.0640 e. The lowest BCUT2D eigenvalue weighted by Crippen LogP contribution is -2.10. The van der Waals surface area contributed by atoms with E-state index >= 15 is 0 Å². The molecule has 11 rings (SSSR count). The molecule has 0 radical (unpaired) electrons. The van der Waals surface area contributed by atoms with Crippen LogP contribution in [0.5, 0.6) is 0 Å². The lowest BCUT2D eigenvalue weighted by molar-refractivity contribution is 1.30. The van der Waals surface area contributed by atoms with Gasteiger partial charge in [-0.2, -0.15) is 0 Å². The van der Waals surface area contributed by atoms with Gasteiger partial charge < -0.3 is 4.90 Å². The minimum atomic E-state index is 1.12. The molecule has 55 heavy (non-hydrogen) atoms. The first-order chi connectivity index (χ1) is 27.2. The molecule has 0 aliphatic heterocycles. The molecule has 9 aromatic carbocycles. The molecule has 11 aromatic rings. The van der Waals surface area contributed by atoms with E-state index in [2.05, 4.69) is 205 Å². The summed E-state index contributed by atoms with van der Waals surface area (Å²) in [6.07, 6.45) is 0. The van der Waals surface area contributed by atoms with Gasteiger partial charge in [-0.15, -0.1) is 22.7 Å².